The Labute approximate surface area is 269 Å². The van der Waals surface area contributed by atoms with Crippen LogP contribution in [0.15, 0.2) is 0 Å². The van der Waals surface area contributed by atoms with Gasteiger partial charge < -0.3 is 21.3 Å². The van der Waals surface area contributed by atoms with Crippen LogP contribution in [0.1, 0.15) is 142 Å². The smallest absolute Gasteiger partial charge is 0.314 e. The third-order valence-corrected chi connectivity index (χ3v) is 14.1. The van der Waals surface area contributed by atoms with Crippen LogP contribution in [0, 0.1) is 58.2 Å². The minimum absolute atomic E-state index is 0.0284. The molecule has 8 bridgehead atoms. The fourth-order valence-corrected chi connectivity index (χ4v) is 12.9. The summed E-state index contributed by atoms with van der Waals surface area (Å²) in [5, 5.41) is 12.7. The molecule has 0 aliphatic heterocycles. The Hall–Kier alpha value is -1.46. The van der Waals surface area contributed by atoms with Gasteiger partial charge in [0.25, 0.3) is 0 Å². The van der Waals surface area contributed by atoms with Crippen molar-refractivity contribution < 1.29 is 9.59 Å². The summed E-state index contributed by atoms with van der Waals surface area (Å²) in [6.45, 7) is 7.90. The number of carbonyl (C=O) groups excluding carboxylic acids is 2. The first-order chi connectivity index (χ1) is 21.4. The zero-order valence-corrected chi connectivity index (χ0v) is 28.4. The number of rotatable bonds is 17. The number of hydrogen-bond acceptors (Lipinski definition) is 2. The Kier molecular flexibility index (Phi) is 10.7. The van der Waals surface area contributed by atoms with Crippen LogP contribution in [0.3, 0.4) is 0 Å². The van der Waals surface area contributed by atoms with Gasteiger partial charge in [-0.15, -0.1) is 0 Å². The summed E-state index contributed by atoms with van der Waals surface area (Å²) in [6.07, 6.45) is 26.6. The molecule has 250 valence electrons. The van der Waals surface area contributed by atoms with E-state index in [0.717, 1.165) is 87.4 Å². The highest BCUT2D eigenvalue weighted by Gasteiger charge is 2.54. The van der Waals surface area contributed by atoms with Crippen LogP contribution >= 0.6 is 0 Å². The molecule has 8 aliphatic carbocycles. The molecule has 0 saturated heterocycles. The topological polar surface area (TPSA) is 82.3 Å². The van der Waals surface area contributed by atoms with Crippen molar-refractivity contribution in [3.05, 3.63) is 0 Å². The molecule has 8 saturated carbocycles. The summed E-state index contributed by atoms with van der Waals surface area (Å²) in [6, 6.07) is 0.0569. The standard InChI is InChI=1S/C38H66N4O2/c1-3-33(37-19-27-13-28(20-37)15-29(14-27)21-37)25-41-35(43)39-11-9-7-5-6-8-10-12-40-36(44)42-26-34(4-2)38-22-30-16-31(23-38)18-32(17-30)24-38/h27-34H,3-26H2,1-2H3,(H2,39,41,43)(H2,40,42,44). The van der Waals surface area contributed by atoms with Gasteiger partial charge in [0.15, 0.2) is 0 Å². The molecule has 2 atom stereocenters. The fraction of sp³-hybridized carbons (Fsp3) is 0.947. The summed E-state index contributed by atoms with van der Waals surface area (Å²) < 4.78 is 0. The molecule has 6 nitrogen and oxygen atoms in total. The van der Waals surface area contributed by atoms with Gasteiger partial charge in [-0.3, -0.25) is 0 Å². The van der Waals surface area contributed by atoms with Gasteiger partial charge in [0, 0.05) is 26.2 Å². The zero-order valence-electron chi connectivity index (χ0n) is 28.4. The lowest BCUT2D eigenvalue weighted by atomic mass is 9.46. The van der Waals surface area contributed by atoms with Crippen LogP contribution in [0.4, 0.5) is 9.59 Å². The quantitative estimate of drug-likeness (QED) is 0.125. The maximum Gasteiger partial charge on any atom is 0.314 e. The minimum atomic E-state index is 0.0284. The Balaban J connectivity index is 0.759. The summed E-state index contributed by atoms with van der Waals surface area (Å²) in [5.41, 5.74) is 1.03. The molecule has 2 unspecified atom stereocenters. The Morgan fingerprint density at radius 1 is 0.500 bits per heavy atom. The molecule has 8 rings (SSSR count). The normalized spacial score (nSPS) is 37.5. The van der Waals surface area contributed by atoms with Crippen molar-refractivity contribution in [3.8, 4) is 0 Å². The second-order valence-corrected chi connectivity index (χ2v) is 17.2. The van der Waals surface area contributed by atoms with Gasteiger partial charge in [0.2, 0.25) is 0 Å². The van der Waals surface area contributed by atoms with Crippen molar-refractivity contribution >= 4 is 12.1 Å². The number of nitrogens with one attached hydrogen (secondary N) is 4. The summed E-state index contributed by atoms with van der Waals surface area (Å²) in [5.74, 6) is 7.11. The first-order valence-electron chi connectivity index (χ1n) is 19.4. The highest BCUT2D eigenvalue weighted by atomic mass is 16.2. The number of urea groups is 2. The molecule has 0 aromatic rings. The second-order valence-electron chi connectivity index (χ2n) is 17.2. The summed E-state index contributed by atoms with van der Waals surface area (Å²) >= 11 is 0. The number of hydrogen-bond donors (Lipinski definition) is 4. The van der Waals surface area contributed by atoms with E-state index in [1.165, 1.54) is 103 Å². The van der Waals surface area contributed by atoms with E-state index in [2.05, 4.69) is 35.1 Å². The first-order valence-corrected chi connectivity index (χ1v) is 19.4. The monoisotopic (exact) mass is 611 g/mol. The maximum absolute atomic E-state index is 12.5. The van der Waals surface area contributed by atoms with Crippen LogP contribution in [0.25, 0.3) is 0 Å². The molecule has 0 spiro atoms. The minimum Gasteiger partial charge on any atom is -0.338 e. The Morgan fingerprint density at radius 3 is 1.09 bits per heavy atom. The Morgan fingerprint density at radius 2 is 0.795 bits per heavy atom. The van der Waals surface area contributed by atoms with Crippen molar-refractivity contribution in [2.75, 3.05) is 26.2 Å². The zero-order chi connectivity index (χ0) is 30.6. The molecule has 8 fully saturated rings. The first kappa shape index (κ1) is 32.5. The number of amides is 4. The van der Waals surface area contributed by atoms with Crippen molar-refractivity contribution in [2.45, 2.75) is 142 Å². The van der Waals surface area contributed by atoms with E-state index in [1.54, 1.807) is 0 Å². The lowest BCUT2D eigenvalue weighted by Crippen LogP contribution is -2.52. The lowest BCUT2D eigenvalue weighted by molar-refractivity contribution is -0.0870. The molecule has 0 aromatic carbocycles. The molecular weight excluding hydrogens is 544 g/mol. The van der Waals surface area contributed by atoms with Crippen molar-refractivity contribution in [2.24, 2.45) is 58.2 Å². The van der Waals surface area contributed by atoms with E-state index >= 15 is 0 Å². The third kappa shape index (κ3) is 7.56. The molecule has 44 heavy (non-hydrogen) atoms. The molecule has 0 aromatic heterocycles. The summed E-state index contributed by atoms with van der Waals surface area (Å²) in [7, 11) is 0. The SMILES string of the molecule is CCC(CNC(=O)NCCCCCCCCNC(=O)NCC(CC)C12CC3CC(CC(C3)C1)C2)C12CC3CC(CC(C3)C1)C2. The predicted octanol–water partition coefficient (Wildman–Crippen LogP) is 8.41. The molecule has 4 amide bonds. The molecule has 0 radical (unpaired) electrons. The van der Waals surface area contributed by atoms with Gasteiger partial charge in [-0.05, 0) is 148 Å². The van der Waals surface area contributed by atoms with Crippen molar-refractivity contribution in [3.63, 3.8) is 0 Å². The highest BCUT2D eigenvalue weighted by molar-refractivity contribution is 5.74. The van der Waals surface area contributed by atoms with Gasteiger partial charge in [-0.2, -0.15) is 0 Å². The van der Waals surface area contributed by atoms with Crippen LogP contribution in [-0.2, 0) is 0 Å². The third-order valence-electron chi connectivity index (χ3n) is 14.1. The highest BCUT2D eigenvalue weighted by Crippen LogP contribution is 2.64. The van der Waals surface area contributed by atoms with Crippen LogP contribution in [-0.4, -0.2) is 38.2 Å². The van der Waals surface area contributed by atoms with E-state index in [1.807, 2.05) is 0 Å². The van der Waals surface area contributed by atoms with Gasteiger partial charge in [-0.1, -0.05) is 52.4 Å². The van der Waals surface area contributed by atoms with Crippen molar-refractivity contribution in [1.82, 2.24) is 21.3 Å². The molecule has 4 N–H and O–H groups in total. The maximum atomic E-state index is 12.5. The van der Waals surface area contributed by atoms with Gasteiger partial charge in [-0.25, -0.2) is 9.59 Å². The summed E-state index contributed by atoms with van der Waals surface area (Å²) in [4.78, 5) is 25.1. The van der Waals surface area contributed by atoms with E-state index in [9.17, 15) is 9.59 Å². The van der Waals surface area contributed by atoms with E-state index in [4.69, 9.17) is 0 Å². The molecule has 6 heteroatoms. The van der Waals surface area contributed by atoms with Crippen LogP contribution < -0.4 is 21.3 Å². The average molecular weight is 611 g/mol. The number of carbonyl (C=O) groups is 2. The molecule has 0 heterocycles. The van der Waals surface area contributed by atoms with Gasteiger partial charge in [0.1, 0.15) is 0 Å². The van der Waals surface area contributed by atoms with Gasteiger partial charge in [0.05, 0.1) is 0 Å². The second kappa shape index (κ2) is 14.5. The predicted molar refractivity (Wildman–Crippen MR) is 179 cm³/mol. The van der Waals surface area contributed by atoms with E-state index in [0.29, 0.717) is 22.7 Å². The van der Waals surface area contributed by atoms with Gasteiger partial charge >= 0.3 is 12.1 Å². The molecular formula is C38H66N4O2. The van der Waals surface area contributed by atoms with Crippen LogP contribution in [0.5, 0.6) is 0 Å². The van der Waals surface area contributed by atoms with Crippen LogP contribution in [0.2, 0.25) is 0 Å². The number of unbranched alkanes of at least 4 members (excludes halogenated alkanes) is 5. The van der Waals surface area contributed by atoms with Crippen molar-refractivity contribution in [1.29, 1.82) is 0 Å². The van der Waals surface area contributed by atoms with E-state index < -0.39 is 0 Å². The molecule has 8 aliphatic rings. The largest absolute Gasteiger partial charge is 0.338 e. The fourth-order valence-electron chi connectivity index (χ4n) is 12.9. The lowest BCUT2D eigenvalue weighted by Gasteiger charge is -2.59. The average Bonchev–Trinajstić information content (AvgIpc) is 2.97. The van der Waals surface area contributed by atoms with E-state index in [-0.39, 0.29) is 12.1 Å². The Bertz CT molecular complexity index is 818.